The molecule has 0 aliphatic carbocycles. The molecule has 3 rings (SSSR count). The molecule has 1 aliphatic rings. The number of sulfone groups is 1. The van der Waals surface area contributed by atoms with Crippen molar-refractivity contribution in [2.45, 2.75) is 29.8 Å². The highest BCUT2D eigenvalue weighted by molar-refractivity contribution is 7.91. The third kappa shape index (κ3) is 6.05. The molecular formula is C23H26F3N3O5S. The van der Waals surface area contributed by atoms with E-state index in [-0.39, 0.29) is 43.4 Å². The number of rotatable bonds is 6. The number of amides is 2. The van der Waals surface area contributed by atoms with Gasteiger partial charge in [0.25, 0.3) is 0 Å². The van der Waals surface area contributed by atoms with Gasteiger partial charge in [-0.15, -0.1) is 0 Å². The SMILES string of the molecule is CCOC(=O)N1CCN(C(=O)CNc2cccc(C(F)(F)F)c2S(=O)(=O)c2ccc(C)cc2)CC1. The predicted octanol–water partition coefficient (Wildman–Crippen LogP) is 3.56. The average molecular weight is 514 g/mol. The van der Waals surface area contributed by atoms with E-state index >= 15 is 0 Å². The number of nitrogens with one attached hydrogen (secondary N) is 1. The number of ether oxygens (including phenoxy) is 1. The maximum Gasteiger partial charge on any atom is 0.417 e. The topological polar surface area (TPSA) is 96.0 Å². The van der Waals surface area contributed by atoms with E-state index in [0.29, 0.717) is 6.07 Å². The molecule has 0 saturated carbocycles. The fourth-order valence-corrected chi connectivity index (χ4v) is 5.29. The first-order valence-electron chi connectivity index (χ1n) is 10.9. The van der Waals surface area contributed by atoms with Gasteiger partial charge in [-0.1, -0.05) is 23.8 Å². The number of alkyl halides is 3. The Bertz CT molecular complexity index is 1180. The molecular weight excluding hydrogens is 487 g/mol. The van der Waals surface area contributed by atoms with Gasteiger partial charge in [-0.25, -0.2) is 13.2 Å². The molecule has 1 heterocycles. The molecule has 190 valence electrons. The zero-order chi connectivity index (χ0) is 25.8. The highest BCUT2D eigenvalue weighted by atomic mass is 32.2. The van der Waals surface area contributed by atoms with Crippen molar-refractivity contribution < 1.29 is 35.9 Å². The van der Waals surface area contributed by atoms with E-state index in [4.69, 9.17) is 4.74 Å². The van der Waals surface area contributed by atoms with Crippen LogP contribution in [-0.4, -0.2) is 69.5 Å². The van der Waals surface area contributed by atoms with Crippen LogP contribution in [0.5, 0.6) is 0 Å². The molecule has 2 aromatic rings. The fourth-order valence-electron chi connectivity index (χ4n) is 3.66. The first-order valence-corrected chi connectivity index (χ1v) is 12.4. The van der Waals surface area contributed by atoms with Crippen molar-refractivity contribution in [3.8, 4) is 0 Å². The Morgan fingerprint density at radius 3 is 2.17 bits per heavy atom. The maximum atomic E-state index is 13.8. The average Bonchev–Trinajstić information content (AvgIpc) is 2.82. The number of halogens is 3. The summed E-state index contributed by atoms with van der Waals surface area (Å²) in [7, 11) is -4.56. The van der Waals surface area contributed by atoms with E-state index in [1.54, 1.807) is 13.8 Å². The van der Waals surface area contributed by atoms with Gasteiger partial charge >= 0.3 is 12.3 Å². The van der Waals surface area contributed by atoms with Crippen molar-refractivity contribution in [2.24, 2.45) is 0 Å². The summed E-state index contributed by atoms with van der Waals surface area (Å²) in [6.07, 6.45) is -5.41. The third-order valence-electron chi connectivity index (χ3n) is 5.51. The quantitative estimate of drug-likeness (QED) is 0.635. The van der Waals surface area contributed by atoms with Crippen LogP contribution in [0.1, 0.15) is 18.1 Å². The smallest absolute Gasteiger partial charge is 0.417 e. The molecule has 0 spiro atoms. The fraction of sp³-hybridized carbons (Fsp3) is 0.391. The summed E-state index contributed by atoms with van der Waals surface area (Å²) in [6, 6.07) is 8.46. The number of aryl methyl sites for hydroxylation is 1. The van der Waals surface area contributed by atoms with Crippen molar-refractivity contribution in [1.82, 2.24) is 9.80 Å². The second-order valence-corrected chi connectivity index (χ2v) is 9.80. The van der Waals surface area contributed by atoms with Crippen molar-refractivity contribution in [2.75, 3.05) is 44.6 Å². The number of anilines is 1. The molecule has 1 fully saturated rings. The summed E-state index contributed by atoms with van der Waals surface area (Å²) in [6.45, 7) is 4.16. The summed E-state index contributed by atoms with van der Waals surface area (Å²) < 4.78 is 72.8. The maximum absolute atomic E-state index is 13.8. The molecule has 2 amide bonds. The van der Waals surface area contributed by atoms with Crippen LogP contribution < -0.4 is 5.32 Å². The lowest BCUT2D eigenvalue weighted by molar-refractivity contribution is -0.139. The minimum absolute atomic E-state index is 0.219. The van der Waals surface area contributed by atoms with E-state index in [1.807, 2.05) is 0 Å². The van der Waals surface area contributed by atoms with Crippen LogP contribution in [0.4, 0.5) is 23.7 Å². The number of benzene rings is 2. The number of nitrogens with zero attached hydrogens (tertiary/aromatic N) is 2. The summed E-state index contributed by atoms with van der Waals surface area (Å²) in [5.74, 6) is -0.440. The van der Waals surface area contributed by atoms with Gasteiger partial charge in [-0.3, -0.25) is 4.79 Å². The van der Waals surface area contributed by atoms with Crippen molar-refractivity contribution in [1.29, 1.82) is 0 Å². The predicted molar refractivity (Wildman–Crippen MR) is 122 cm³/mol. The van der Waals surface area contributed by atoms with Gasteiger partial charge in [0.1, 0.15) is 4.90 Å². The summed E-state index contributed by atoms with van der Waals surface area (Å²) in [5, 5.41) is 2.59. The normalized spacial score (nSPS) is 14.5. The zero-order valence-electron chi connectivity index (χ0n) is 19.3. The molecule has 0 aromatic heterocycles. The van der Waals surface area contributed by atoms with E-state index in [1.165, 1.54) is 40.1 Å². The van der Waals surface area contributed by atoms with E-state index < -0.39 is 45.0 Å². The second-order valence-electron chi connectivity index (χ2n) is 7.92. The largest absolute Gasteiger partial charge is 0.450 e. The number of hydrogen-bond donors (Lipinski definition) is 1. The molecule has 8 nitrogen and oxygen atoms in total. The molecule has 35 heavy (non-hydrogen) atoms. The highest BCUT2D eigenvalue weighted by Gasteiger charge is 2.39. The van der Waals surface area contributed by atoms with Crippen LogP contribution in [-0.2, 0) is 25.5 Å². The lowest BCUT2D eigenvalue weighted by Gasteiger charge is -2.34. The van der Waals surface area contributed by atoms with Gasteiger partial charge in [0.15, 0.2) is 0 Å². The van der Waals surface area contributed by atoms with Crippen molar-refractivity contribution in [3.63, 3.8) is 0 Å². The molecule has 0 bridgehead atoms. The zero-order valence-corrected chi connectivity index (χ0v) is 20.1. The van der Waals surface area contributed by atoms with Gasteiger partial charge in [0.05, 0.1) is 29.3 Å². The molecule has 1 saturated heterocycles. The van der Waals surface area contributed by atoms with Crippen LogP contribution >= 0.6 is 0 Å². The van der Waals surface area contributed by atoms with Crippen LogP contribution in [0.15, 0.2) is 52.3 Å². The Hall–Kier alpha value is -3.28. The number of carbonyl (C=O) groups excluding carboxylic acids is 2. The summed E-state index contributed by atoms with van der Waals surface area (Å²) in [5.41, 5.74) is -0.891. The lowest BCUT2D eigenvalue weighted by Crippen LogP contribution is -2.51. The Morgan fingerprint density at radius 1 is 1.00 bits per heavy atom. The van der Waals surface area contributed by atoms with Gasteiger partial charge < -0.3 is 19.9 Å². The molecule has 12 heteroatoms. The Balaban J connectivity index is 1.82. The van der Waals surface area contributed by atoms with E-state index in [9.17, 15) is 31.2 Å². The lowest BCUT2D eigenvalue weighted by atomic mass is 10.2. The van der Waals surface area contributed by atoms with Gasteiger partial charge in [-0.2, -0.15) is 13.2 Å². The van der Waals surface area contributed by atoms with Crippen molar-refractivity contribution in [3.05, 3.63) is 53.6 Å². The monoisotopic (exact) mass is 513 g/mol. The summed E-state index contributed by atoms with van der Waals surface area (Å²) >= 11 is 0. The molecule has 0 radical (unpaired) electrons. The molecule has 0 unspecified atom stereocenters. The molecule has 0 atom stereocenters. The van der Waals surface area contributed by atoms with Crippen LogP contribution in [0.3, 0.4) is 0 Å². The Kier molecular flexibility index (Phi) is 7.93. The highest BCUT2D eigenvalue weighted by Crippen LogP contribution is 2.40. The van der Waals surface area contributed by atoms with Crippen LogP contribution in [0, 0.1) is 6.92 Å². The minimum Gasteiger partial charge on any atom is -0.450 e. The second kappa shape index (κ2) is 10.5. The van der Waals surface area contributed by atoms with Crippen LogP contribution in [0.2, 0.25) is 0 Å². The van der Waals surface area contributed by atoms with Gasteiger partial charge in [-0.05, 0) is 38.1 Å². The van der Waals surface area contributed by atoms with Gasteiger partial charge in [0.2, 0.25) is 15.7 Å². The number of hydrogen-bond acceptors (Lipinski definition) is 6. The van der Waals surface area contributed by atoms with E-state index in [0.717, 1.165) is 11.6 Å². The number of carbonyl (C=O) groups is 2. The third-order valence-corrected chi connectivity index (χ3v) is 7.38. The molecule has 1 N–H and O–H groups in total. The molecule has 1 aliphatic heterocycles. The standard InChI is InChI=1S/C23H26F3N3O5S/c1-3-34-22(31)29-13-11-28(12-14-29)20(30)15-27-19-6-4-5-18(23(24,25)26)21(19)35(32,33)17-9-7-16(2)8-10-17/h4-10,27H,3,11-15H2,1-2H3. The Morgan fingerprint density at radius 2 is 1.60 bits per heavy atom. The van der Waals surface area contributed by atoms with E-state index in [2.05, 4.69) is 5.32 Å². The Labute approximate surface area is 201 Å². The summed E-state index contributed by atoms with van der Waals surface area (Å²) in [4.78, 5) is 26.2. The first kappa shape index (κ1) is 26.3. The molecule has 2 aromatic carbocycles. The first-order chi connectivity index (χ1) is 16.4. The van der Waals surface area contributed by atoms with Crippen LogP contribution in [0.25, 0.3) is 0 Å². The number of piperazine rings is 1. The van der Waals surface area contributed by atoms with Gasteiger partial charge in [0, 0.05) is 26.2 Å². The minimum atomic E-state index is -4.93. The van der Waals surface area contributed by atoms with Crippen molar-refractivity contribution >= 4 is 27.5 Å².